The summed E-state index contributed by atoms with van der Waals surface area (Å²) in [5.74, 6) is 1.08. The Hall–Kier alpha value is -1.35. The highest BCUT2D eigenvalue weighted by molar-refractivity contribution is 5.53. The van der Waals surface area contributed by atoms with E-state index in [1.807, 2.05) is 18.3 Å². The summed E-state index contributed by atoms with van der Waals surface area (Å²) in [5.41, 5.74) is 1.14. The van der Waals surface area contributed by atoms with Crippen molar-refractivity contribution < 1.29 is 0 Å². The number of anilines is 1. The maximum absolute atomic E-state index is 4.45. The number of hydrogen-bond acceptors (Lipinski definition) is 3. The van der Waals surface area contributed by atoms with Gasteiger partial charge in [-0.15, -0.1) is 0 Å². The second-order valence-electron chi connectivity index (χ2n) is 4.83. The van der Waals surface area contributed by atoms with Crippen molar-refractivity contribution >= 4 is 11.9 Å². The molecule has 0 N–H and O–H groups in total. The summed E-state index contributed by atoms with van der Waals surface area (Å²) >= 11 is 0. The van der Waals surface area contributed by atoms with Gasteiger partial charge in [0.25, 0.3) is 0 Å². The minimum Gasteiger partial charge on any atom is -0.356 e. The van der Waals surface area contributed by atoms with Crippen molar-refractivity contribution in [1.29, 1.82) is 0 Å². The van der Waals surface area contributed by atoms with Gasteiger partial charge in [0.05, 0.1) is 0 Å². The maximum atomic E-state index is 4.45. The van der Waals surface area contributed by atoms with Gasteiger partial charge < -0.3 is 9.80 Å². The molecule has 17 heavy (non-hydrogen) atoms. The van der Waals surface area contributed by atoms with Crippen LogP contribution in [0.25, 0.3) is 6.08 Å². The first-order chi connectivity index (χ1) is 8.20. The molecule has 0 amide bonds. The van der Waals surface area contributed by atoms with E-state index in [0.29, 0.717) is 6.04 Å². The molecule has 0 radical (unpaired) electrons. The Morgan fingerprint density at radius 2 is 2.12 bits per heavy atom. The van der Waals surface area contributed by atoms with Crippen molar-refractivity contribution in [3.8, 4) is 0 Å². The highest BCUT2D eigenvalue weighted by atomic mass is 15.2. The van der Waals surface area contributed by atoms with E-state index in [2.05, 4.69) is 41.5 Å². The van der Waals surface area contributed by atoms with Gasteiger partial charge in [-0.05, 0) is 44.6 Å². The number of rotatable bonds is 3. The van der Waals surface area contributed by atoms with E-state index in [1.165, 1.54) is 12.8 Å². The zero-order valence-electron chi connectivity index (χ0n) is 10.8. The number of aromatic nitrogens is 1. The fraction of sp³-hybridized carbons (Fsp3) is 0.500. The molecule has 0 saturated carbocycles. The minimum absolute atomic E-state index is 0.717. The molecule has 1 saturated heterocycles. The molecule has 0 spiro atoms. The number of pyridine rings is 1. The lowest BCUT2D eigenvalue weighted by Gasteiger charge is -2.35. The Morgan fingerprint density at radius 1 is 1.41 bits per heavy atom. The third-order valence-corrected chi connectivity index (χ3v) is 3.52. The van der Waals surface area contributed by atoms with Gasteiger partial charge in [0.15, 0.2) is 0 Å². The van der Waals surface area contributed by atoms with Crippen LogP contribution in [0.15, 0.2) is 24.9 Å². The first kappa shape index (κ1) is 12.1. The fourth-order valence-corrected chi connectivity index (χ4v) is 2.35. The van der Waals surface area contributed by atoms with Crippen LogP contribution in [-0.4, -0.2) is 43.1 Å². The van der Waals surface area contributed by atoms with E-state index >= 15 is 0 Å². The molecule has 1 fully saturated rings. The molecule has 1 aliphatic heterocycles. The monoisotopic (exact) mass is 231 g/mol. The van der Waals surface area contributed by atoms with Crippen molar-refractivity contribution in [2.75, 3.05) is 32.1 Å². The van der Waals surface area contributed by atoms with E-state index in [0.717, 1.165) is 24.5 Å². The van der Waals surface area contributed by atoms with E-state index < -0.39 is 0 Å². The molecular weight excluding hydrogens is 210 g/mol. The quantitative estimate of drug-likeness (QED) is 0.795. The second-order valence-corrected chi connectivity index (χ2v) is 4.83. The highest BCUT2D eigenvalue weighted by Crippen LogP contribution is 2.20. The van der Waals surface area contributed by atoms with Gasteiger partial charge in [-0.1, -0.05) is 12.7 Å². The summed E-state index contributed by atoms with van der Waals surface area (Å²) in [6.07, 6.45) is 6.17. The number of piperidine rings is 1. The van der Waals surface area contributed by atoms with Crippen LogP contribution in [0.2, 0.25) is 0 Å². The normalized spacial score (nSPS) is 17.5. The molecule has 0 aliphatic carbocycles. The molecule has 0 aromatic carbocycles. The molecule has 2 rings (SSSR count). The first-order valence-corrected chi connectivity index (χ1v) is 6.20. The van der Waals surface area contributed by atoms with E-state index in [1.54, 1.807) is 0 Å². The molecular formula is C14H21N3. The molecule has 2 heterocycles. The molecule has 1 aromatic heterocycles. The summed E-state index contributed by atoms with van der Waals surface area (Å²) in [7, 11) is 4.33. The fourth-order valence-electron chi connectivity index (χ4n) is 2.35. The van der Waals surface area contributed by atoms with Crippen molar-refractivity contribution in [2.24, 2.45) is 0 Å². The Bertz CT molecular complexity index is 379. The van der Waals surface area contributed by atoms with Gasteiger partial charge in [-0.25, -0.2) is 4.98 Å². The largest absolute Gasteiger partial charge is 0.356 e. The van der Waals surface area contributed by atoms with Crippen LogP contribution in [0, 0.1) is 0 Å². The Labute approximate surface area is 104 Å². The van der Waals surface area contributed by atoms with Gasteiger partial charge in [-0.3, -0.25) is 0 Å². The average molecular weight is 231 g/mol. The van der Waals surface area contributed by atoms with Crippen LogP contribution < -0.4 is 4.90 Å². The van der Waals surface area contributed by atoms with E-state index in [-0.39, 0.29) is 0 Å². The SMILES string of the molecule is C=Cc1ccnc(N2CCC(N(C)C)CC2)c1. The summed E-state index contributed by atoms with van der Waals surface area (Å²) in [4.78, 5) is 9.14. The molecule has 1 aliphatic rings. The van der Waals surface area contributed by atoms with Gasteiger partial charge in [0, 0.05) is 25.3 Å². The standard InChI is InChI=1S/C14H21N3/c1-4-12-5-8-15-14(11-12)17-9-6-13(7-10-17)16(2)3/h4-5,8,11,13H,1,6-7,9-10H2,2-3H3. The molecule has 92 valence electrons. The lowest BCUT2D eigenvalue weighted by Crippen LogP contribution is -2.42. The van der Waals surface area contributed by atoms with Crippen LogP contribution in [0.5, 0.6) is 0 Å². The third-order valence-electron chi connectivity index (χ3n) is 3.52. The van der Waals surface area contributed by atoms with Crippen LogP contribution in [0.1, 0.15) is 18.4 Å². The summed E-state index contributed by atoms with van der Waals surface area (Å²) in [6, 6.07) is 4.82. The van der Waals surface area contributed by atoms with Crippen molar-refractivity contribution in [1.82, 2.24) is 9.88 Å². The van der Waals surface area contributed by atoms with Gasteiger partial charge >= 0.3 is 0 Å². The smallest absolute Gasteiger partial charge is 0.129 e. The molecule has 0 bridgehead atoms. The van der Waals surface area contributed by atoms with Gasteiger partial charge in [-0.2, -0.15) is 0 Å². The molecule has 3 nitrogen and oxygen atoms in total. The first-order valence-electron chi connectivity index (χ1n) is 6.20. The highest BCUT2D eigenvalue weighted by Gasteiger charge is 2.21. The predicted octanol–water partition coefficient (Wildman–Crippen LogP) is 2.26. The zero-order valence-corrected chi connectivity index (χ0v) is 10.8. The molecule has 0 unspecified atom stereocenters. The minimum atomic E-state index is 0.717. The Kier molecular flexibility index (Phi) is 3.79. The van der Waals surface area contributed by atoms with Crippen molar-refractivity contribution in [3.63, 3.8) is 0 Å². The average Bonchev–Trinajstić information content (AvgIpc) is 2.39. The molecule has 0 atom stereocenters. The Balaban J connectivity index is 2.02. The topological polar surface area (TPSA) is 19.4 Å². The predicted molar refractivity (Wildman–Crippen MR) is 73.3 cm³/mol. The van der Waals surface area contributed by atoms with Crippen molar-refractivity contribution in [2.45, 2.75) is 18.9 Å². The molecule has 1 aromatic rings. The summed E-state index contributed by atoms with van der Waals surface area (Å²) < 4.78 is 0. The lowest BCUT2D eigenvalue weighted by molar-refractivity contribution is 0.249. The number of nitrogens with zero attached hydrogens (tertiary/aromatic N) is 3. The van der Waals surface area contributed by atoms with Crippen LogP contribution in [-0.2, 0) is 0 Å². The van der Waals surface area contributed by atoms with Gasteiger partial charge in [0.1, 0.15) is 5.82 Å². The van der Waals surface area contributed by atoms with Crippen LogP contribution in [0.4, 0.5) is 5.82 Å². The second kappa shape index (κ2) is 5.32. The van der Waals surface area contributed by atoms with E-state index in [4.69, 9.17) is 0 Å². The third kappa shape index (κ3) is 2.86. The maximum Gasteiger partial charge on any atom is 0.129 e. The Morgan fingerprint density at radius 3 is 2.71 bits per heavy atom. The summed E-state index contributed by atoms with van der Waals surface area (Å²) in [5, 5.41) is 0. The molecule has 3 heteroatoms. The lowest BCUT2D eigenvalue weighted by atomic mass is 10.0. The summed E-state index contributed by atoms with van der Waals surface area (Å²) in [6.45, 7) is 5.99. The van der Waals surface area contributed by atoms with Gasteiger partial charge in [0.2, 0.25) is 0 Å². The van der Waals surface area contributed by atoms with Crippen molar-refractivity contribution in [3.05, 3.63) is 30.5 Å². The van der Waals surface area contributed by atoms with Crippen LogP contribution in [0.3, 0.4) is 0 Å². The number of hydrogen-bond donors (Lipinski definition) is 0. The zero-order chi connectivity index (χ0) is 12.3. The van der Waals surface area contributed by atoms with Crippen LogP contribution >= 0.6 is 0 Å². The van der Waals surface area contributed by atoms with E-state index in [9.17, 15) is 0 Å².